The summed E-state index contributed by atoms with van der Waals surface area (Å²) >= 11 is 0. The van der Waals surface area contributed by atoms with Gasteiger partial charge in [-0.15, -0.1) is 0 Å². The predicted octanol–water partition coefficient (Wildman–Crippen LogP) is 2.72. The van der Waals surface area contributed by atoms with Crippen molar-refractivity contribution >= 4 is 5.69 Å². The summed E-state index contributed by atoms with van der Waals surface area (Å²) in [6.07, 6.45) is 0. The van der Waals surface area contributed by atoms with Gasteiger partial charge in [0.25, 0.3) is 0 Å². The fourth-order valence-electron chi connectivity index (χ4n) is 2.80. The second-order valence-electron chi connectivity index (χ2n) is 7.04. The molecule has 0 bridgehead atoms. The highest BCUT2D eigenvalue weighted by molar-refractivity contribution is 5.55. The third-order valence-corrected chi connectivity index (χ3v) is 3.94. The molecule has 0 amide bonds. The van der Waals surface area contributed by atoms with E-state index >= 15 is 0 Å². The summed E-state index contributed by atoms with van der Waals surface area (Å²) in [4.78, 5) is 4.97. The lowest BCUT2D eigenvalue weighted by Gasteiger charge is -2.41. The van der Waals surface area contributed by atoms with Crippen LogP contribution in [0.5, 0.6) is 0 Å². The van der Waals surface area contributed by atoms with Crippen LogP contribution in [-0.4, -0.2) is 43.2 Å². The average Bonchev–Trinajstić information content (AvgIpc) is 2.36. The van der Waals surface area contributed by atoms with E-state index in [9.17, 15) is 0 Å². The Hall–Kier alpha value is -1.06. The van der Waals surface area contributed by atoms with Gasteiger partial charge in [0, 0.05) is 43.4 Å². The maximum absolute atomic E-state index is 3.60. The Bertz CT molecular complexity index is 436. The van der Waals surface area contributed by atoms with Crippen LogP contribution in [0.1, 0.15) is 33.3 Å². The highest BCUT2D eigenvalue weighted by Crippen LogP contribution is 2.25. The van der Waals surface area contributed by atoms with Gasteiger partial charge in [0.2, 0.25) is 0 Å². The Kier molecular flexibility index (Phi) is 4.71. The molecule has 1 saturated heterocycles. The van der Waals surface area contributed by atoms with Crippen LogP contribution in [0.4, 0.5) is 5.69 Å². The molecule has 1 heterocycles. The van der Waals surface area contributed by atoms with Crippen molar-refractivity contribution in [3.8, 4) is 0 Å². The summed E-state index contributed by atoms with van der Waals surface area (Å²) in [7, 11) is 2.21. The molecule has 1 aromatic rings. The molecule has 0 radical (unpaired) electrons. The van der Waals surface area contributed by atoms with E-state index in [1.165, 1.54) is 11.3 Å². The third-order valence-electron chi connectivity index (χ3n) is 3.94. The van der Waals surface area contributed by atoms with Gasteiger partial charge in [0.1, 0.15) is 0 Å². The number of piperazine rings is 1. The Labute approximate surface area is 124 Å². The van der Waals surface area contributed by atoms with E-state index in [4.69, 9.17) is 0 Å². The number of likely N-dealkylation sites (N-methyl/N-ethyl adjacent to an activating group) is 1. The van der Waals surface area contributed by atoms with Crippen molar-refractivity contribution in [1.82, 2.24) is 10.2 Å². The SMILES string of the molecule is CC1CN(C)CCN1c1ccccc1CNC(C)(C)C. The van der Waals surface area contributed by atoms with E-state index in [-0.39, 0.29) is 5.54 Å². The molecule has 0 saturated carbocycles. The first-order valence-electron chi connectivity index (χ1n) is 7.65. The smallest absolute Gasteiger partial charge is 0.0415 e. The van der Waals surface area contributed by atoms with Crippen LogP contribution >= 0.6 is 0 Å². The quantitative estimate of drug-likeness (QED) is 0.915. The molecular formula is C17H29N3. The van der Waals surface area contributed by atoms with Crippen molar-refractivity contribution in [2.75, 3.05) is 31.6 Å². The summed E-state index contributed by atoms with van der Waals surface area (Å²) in [6, 6.07) is 9.38. The van der Waals surface area contributed by atoms with E-state index < -0.39 is 0 Å². The molecular weight excluding hydrogens is 246 g/mol. The van der Waals surface area contributed by atoms with Crippen LogP contribution in [0.25, 0.3) is 0 Å². The summed E-state index contributed by atoms with van der Waals surface area (Å²) in [5.41, 5.74) is 2.95. The monoisotopic (exact) mass is 275 g/mol. The van der Waals surface area contributed by atoms with Gasteiger partial charge >= 0.3 is 0 Å². The molecule has 1 fully saturated rings. The molecule has 20 heavy (non-hydrogen) atoms. The number of anilines is 1. The van der Waals surface area contributed by atoms with Gasteiger partial charge in [-0.1, -0.05) is 18.2 Å². The molecule has 2 rings (SSSR count). The minimum Gasteiger partial charge on any atom is -0.366 e. The minimum absolute atomic E-state index is 0.154. The van der Waals surface area contributed by atoms with Crippen molar-refractivity contribution < 1.29 is 0 Å². The molecule has 1 unspecified atom stereocenters. The van der Waals surface area contributed by atoms with Crippen LogP contribution in [0.3, 0.4) is 0 Å². The number of hydrogen-bond acceptors (Lipinski definition) is 3. The molecule has 1 atom stereocenters. The first-order valence-corrected chi connectivity index (χ1v) is 7.65. The number of rotatable bonds is 3. The van der Waals surface area contributed by atoms with Gasteiger partial charge < -0.3 is 15.1 Å². The molecule has 3 heteroatoms. The normalized spacial score (nSPS) is 21.2. The molecule has 0 aliphatic carbocycles. The zero-order valence-electron chi connectivity index (χ0n) is 13.6. The summed E-state index contributed by atoms with van der Waals surface area (Å²) < 4.78 is 0. The number of nitrogens with zero attached hydrogens (tertiary/aromatic N) is 2. The molecule has 3 nitrogen and oxygen atoms in total. The van der Waals surface area contributed by atoms with Crippen LogP contribution in [-0.2, 0) is 6.54 Å². The van der Waals surface area contributed by atoms with E-state index in [2.05, 4.69) is 74.1 Å². The topological polar surface area (TPSA) is 18.5 Å². The van der Waals surface area contributed by atoms with Gasteiger partial charge in [0.15, 0.2) is 0 Å². The highest BCUT2D eigenvalue weighted by Gasteiger charge is 2.23. The van der Waals surface area contributed by atoms with Crippen molar-refractivity contribution in [3.05, 3.63) is 29.8 Å². The predicted molar refractivity (Wildman–Crippen MR) is 87.3 cm³/mol. The van der Waals surface area contributed by atoms with Gasteiger partial charge in [0.05, 0.1) is 0 Å². The molecule has 112 valence electrons. The maximum Gasteiger partial charge on any atom is 0.0415 e. The molecule has 1 aliphatic heterocycles. The molecule has 1 N–H and O–H groups in total. The number of benzene rings is 1. The fraction of sp³-hybridized carbons (Fsp3) is 0.647. The average molecular weight is 275 g/mol. The largest absolute Gasteiger partial charge is 0.366 e. The molecule has 1 aromatic carbocycles. The molecule has 0 spiro atoms. The Balaban J connectivity index is 2.15. The van der Waals surface area contributed by atoms with E-state index in [0.717, 1.165) is 26.2 Å². The van der Waals surface area contributed by atoms with E-state index in [1.54, 1.807) is 0 Å². The summed E-state index contributed by atoms with van der Waals surface area (Å²) in [5.74, 6) is 0. The van der Waals surface area contributed by atoms with Crippen molar-refractivity contribution in [1.29, 1.82) is 0 Å². The standard InChI is InChI=1S/C17H29N3/c1-14-13-19(5)10-11-20(14)16-9-7-6-8-15(16)12-18-17(2,3)4/h6-9,14,18H,10-13H2,1-5H3. The van der Waals surface area contributed by atoms with Gasteiger partial charge in [-0.3, -0.25) is 0 Å². The molecule has 0 aromatic heterocycles. The lowest BCUT2D eigenvalue weighted by atomic mass is 10.1. The number of nitrogens with one attached hydrogen (secondary N) is 1. The second kappa shape index (κ2) is 6.15. The number of hydrogen-bond donors (Lipinski definition) is 1. The zero-order valence-corrected chi connectivity index (χ0v) is 13.6. The van der Waals surface area contributed by atoms with Crippen LogP contribution in [0, 0.1) is 0 Å². The fourth-order valence-corrected chi connectivity index (χ4v) is 2.80. The number of para-hydroxylation sites is 1. The zero-order chi connectivity index (χ0) is 14.8. The summed E-state index contributed by atoms with van der Waals surface area (Å²) in [6.45, 7) is 13.3. The third kappa shape index (κ3) is 3.97. The first kappa shape index (κ1) is 15.3. The molecule has 1 aliphatic rings. The van der Waals surface area contributed by atoms with Gasteiger partial charge in [-0.25, -0.2) is 0 Å². The Morgan fingerprint density at radius 3 is 2.55 bits per heavy atom. The minimum atomic E-state index is 0.154. The van der Waals surface area contributed by atoms with Crippen molar-refractivity contribution in [3.63, 3.8) is 0 Å². The Morgan fingerprint density at radius 2 is 1.90 bits per heavy atom. The van der Waals surface area contributed by atoms with Crippen molar-refractivity contribution in [2.45, 2.75) is 45.8 Å². The van der Waals surface area contributed by atoms with Gasteiger partial charge in [-0.05, 0) is 46.4 Å². The van der Waals surface area contributed by atoms with Crippen LogP contribution in [0.15, 0.2) is 24.3 Å². The second-order valence-corrected chi connectivity index (χ2v) is 7.04. The lowest BCUT2D eigenvalue weighted by Crippen LogP contribution is -2.51. The van der Waals surface area contributed by atoms with Crippen LogP contribution < -0.4 is 10.2 Å². The van der Waals surface area contributed by atoms with Crippen molar-refractivity contribution in [2.24, 2.45) is 0 Å². The first-order chi connectivity index (χ1) is 9.37. The highest BCUT2D eigenvalue weighted by atomic mass is 15.3. The van der Waals surface area contributed by atoms with E-state index in [0.29, 0.717) is 6.04 Å². The summed E-state index contributed by atoms with van der Waals surface area (Å²) in [5, 5.41) is 3.60. The Morgan fingerprint density at radius 1 is 1.20 bits per heavy atom. The van der Waals surface area contributed by atoms with Gasteiger partial charge in [-0.2, -0.15) is 0 Å². The lowest BCUT2D eigenvalue weighted by molar-refractivity contribution is 0.275. The van der Waals surface area contributed by atoms with E-state index in [1.807, 2.05) is 0 Å². The van der Waals surface area contributed by atoms with Crippen LogP contribution in [0.2, 0.25) is 0 Å². The maximum atomic E-state index is 3.60.